The van der Waals surface area contributed by atoms with E-state index < -0.39 is 0 Å². The van der Waals surface area contributed by atoms with Crippen molar-refractivity contribution < 1.29 is 0 Å². The second-order valence-electron chi connectivity index (χ2n) is 5.13. The Morgan fingerprint density at radius 1 is 1.08 bits per heavy atom. The smallest absolute Gasteiger partial charge is 0.0329 e. The molecule has 0 nitrogen and oxygen atoms in total. The van der Waals surface area contributed by atoms with Crippen molar-refractivity contribution in [1.29, 1.82) is 0 Å². The molecule has 0 radical (unpaired) electrons. The van der Waals surface area contributed by atoms with Gasteiger partial charge in [0.2, 0.25) is 0 Å². The lowest BCUT2D eigenvalue weighted by Crippen LogP contribution is -2.46. The molecule has 5 unspecified atom stereocenters. The lowest BCUT2D eigenvalue weighted by Gasteiger charge is -2.52. The third kappa shape index (κ3) is 1.92. The molecule has 0 amide bonds. The van der Waals surface area contributed by atoms with Gasteiger partial charge in [-0.3, -0.25) is 0 Å². The zero-order valence-corrected chi connectivity index (χ0v) is 10.0. The van der Waals surface area contributed by atoms with Gasteiger partial charge in [0.1, 0.15) is 0 Å². The van der Waals surface area contributed by atoms with E-state index in [4.69, 9.17) is 0 Å². The van der Waals surface area contributed by atoms with Gasteiger partial charge in [-0.25, -0.2) is 0 Å². The zero-order valence-electron chi connectivity index (χ0n) is 10.0. The number of hydrogen-bond donors (Lipinski definition) is 0. The van der Waals surface area contributed by atoms with Crippen LogP contribution >= 0.6 is 0 Å². The van der Waals surface area contributed by atoms with Crippen LogP contribution in [-0.2, 0) is 0 Å². The lowest BCUT2D eigenvalue weighted by molar-refractivity contribution is -0.0389. The van der Waals surface area contributed by atoms with E-state index in [-0.39, 0.29) is 0 Å². The van der Waals surface area contributed by atoms with E-state index in [0.29, 0.717) is 0 Å². The molecule has 1 fully saturated rings. The summed E-state index contributed by atoms with van der Waals surface area (Å²) in [6, 6.07) is 0. The number of rotatable bonds is 4. The van der Waals surface area contributed by atoms with Gasteiger partial charge in [-0.2, -0.15) is 0 Å². The largest absolute Gasteiger partial charge is 0.0654 e. The van der Waals surface area contributed by atoms with Crippen molar-refractivity contribution >= 4 is 0 Å². The molecule has 0 bridgehead atoms. The maximum absolute atomic E-state index is 2.46. The number of hydrogen-bond acceptors (Lipinski definition) is 0. The Morgan fingerprint density at radius 3 is 2.15 bits per heavy atom. The summed E-state index contributed by atoms with van der Waals surface area (Å²) in [6.45, 7) is 12.0. The van der Waals surface area contributed by atoms with Crippen molar-refractivity contribution in [3.8, 4) is 0 Å². The lowest BCUT2D eigenvalue weighted by atomic mass is 9.53. The summed E-state index contributed by atoms with van der Waals surface area (Å²) in [5, 5.41) is 0. The van der Waals surface area contributed by atoms with Crippen molar-refractivity contribution in [3.05, 3.63) is 0 Å². The highest BCUT2D eigenvalue weighted by Crippen LogP contribution is 2.51. The minimum atomic E-state index is 0.959. The quantitative estimate of drug-likeness (QED) is 0.606. The summed E-state index contributed by atoms with van der Waals surface area (Å²) in [4.78, 5) is 0. The van der Waals surface area contributed by atoms with Gasteiger partial charge >= 0.3 is 0 Å². The van der Waals surface area contributed by atoms with Crippen LogP contribution in [-0.4, -0.2) is 0 Å². The van der Waals surface area contributed by atoms with Crippen LogP contribution in [0.15, 0.2) is 0 Å². The van der Waals surface area contributed by atoms with Crippen LogP contribution in [0.1, 0.15) is 53.9 Å². The van der Waals surface area contributed by atoms with Crippen LogP contribution in [0.3, 0.4) is 0 Å². The Hall–Kier alpha value is 0. The summed E-state index contributed by atoms with van der Waals surface area (Å²) in [7, 11) is 0. The predicted molar refractivity (Wildman–Crippen MR) is 59.7 cm³/mol. The molecule has 0 aromatic rings. The van der Waals surface area contributed by atoms with Gasteiger partial charge < -0.3 is 0 Å². The molecule has 0 aromatic heterocycles. The van der Waals surface area contributed by atoms with Gasteiger partial charge in [-0.15, -0.1) is 0 Å². The molecule has 0 aromatic carbocycles. The molecule has 5 atom stereocenters. The van der Waals surface area contributed by atoms with E-state index in [1.807, 2.05) is 0 Å². The molecule has 1 aliphatic carbocycles. The van der Waals surface area contributed by atoms with E-state index in [1.54, 1.807) is 0 Å². The molecule has 1 saturated carbocycles. The molecule has 0 saturated heterocycles. The topological polar surface area (TPSA) is 0 Å². The van der Waals surface area contributed by atoms with E-state index in [2.05, 4.69) is 34.6 Å². The Balaban J connectivity index is 2.49. The summed E-state index contributed by atoms with van der Waals surface area (Å²) in [5.41, 5.74) is 0. The second-order valence-corrected chi connectivity index (χ2v) is 5.13. The zero-order chi connectivity index (χ0) is 10.0. The van der Waals surface area contributed by atoms with Crippen LogP contribution in [0.4, 0.5) is 0 Å². The first kappa shape index (κ1) is 11.1. The Morgan fingerprint density at radius 2 is 1.69 bits per heavy atom. The molecule has 13 heavy (non-hydrogen) atoms. The monoisotopic (exact) mass is 182 g/mol. The third-order valence-electron chi connectivity index (χ3n) is 4.48. The first-order chi connectivity index (χ1) is 6.13. The fourth-order valence-corrected chi connectivity index (χ4v) is 3.57. The first-order valence-corrected chi connectivity index (χ1v) is 6.13. The van der Waals surface area contributed by atoms with Crippen LogP contribution in [0.5, 0.6) is 0 Å². The molecule has 0 spiro atoms. The van der Waals surface area contributed by atoms with Crippen molar-refractivity contribution in [3.63, 3.8) is 0 Å². The highest BCUT2D eigenvalue weighted by Gasteiger charge is 2.45. The molecular weight excluding hydrogens is 156 g/mol. The fraction of sp³-hybridized carbons (Fsp3) is 1.00. The second kappa shape index (κ2) is 4.48. The van der Waals surface area contributed by atoms with Gasteiger partial charge in [0, 0.05) is 0 Å². The maximum atomic E-state index is 2.46. The van der Waals surface area contributed by atoms with Crippen molar-refractivity contribution in [1.82, 2.24) is 0 Å². The molecule has 1 rings (SSSR count). The minimum absolute atomic E-state index is 0.959. The van der Waals surface area contributed by atoms with Crippen molar-refractivity contribution in [2.75, 3.05) is 0 Å². The van der Waals surface area contributed by atoms with E-state index >= 15 is 0 Å². The molecule has 0 heteroatoms. The van der Waals surface area contributed by atoms with Crippen LogP contribution < -0.4 is 0 Å². The van der Waals surface area contributed by atoms with Gasteiger partial charge in [0.15, 0.2) is 0 Å². The molecule has 0 aliphatic heterocycles. The van der Waals surface area contributed by atoms with Crippen LogP contribution in [0, 0.1) is 29.6 Å². The molecule has 0 N–H and O–H groups in total. The van der Waals surface area contributed by atoms with Crippen LogP contribution in [0.2, 0.25) is 0 Å². The highest BCUT2D eigenvalue weighted by molar-refractivity contribution is 4.93. The van der Waals surface area contributed by atoms with Gasteiger partial charge in [-0.05, 0) is 29.6 Å². The Bertz CT molecular complexity index is 150. The minimum Gasteiger partial charge on any atom is -0.0654 e. The Kier molecular flexibility index (Phi) is 3.82. The van der Waals surface area contributed by atoms with E-state index in [9.17, 15) is 0 Å². The molecular formula is C13H26. The van der Waals surface area contributed by atoms with Gasteiger partial charge in [0.25, 0.3) is 0 Å². The third-order valence-corrected chi connectivity index (χ3v) is 4.48. The summed E-state index contributed by atoms with van der Waals surface area (Å²) < 4.78 is 0. The Labute approximate surface area is 84.1 Å². The van der Waals surface area contributed by atoms with Crippen molar-refractivity contribution in [2.24, 2.45) is 29.6 Å². The maximum Gasteiger partial charge on any atom is -0.0329 e. The van der Waals surface area contributed by atoms with E-state index in [1.165, 1.54) is 19.3 Å². The first-order valence-electron chi connectivity index (χ1n) is 6.13. The van der Waals surface area contributed by atoms with Gasteiger partial charge in [-0.1, -0.05) is 53.9 Å². The highest BCUT2D eigenvalue weighted by atomic mass is 14.5. The average molecular weight is 182 g/mol. The average Bonchev–Trinajstić information content (AvgIpc) is 2.12. The predicted octanol–water partition coefficient (Wildman–Crippen LogP) is 4.35. The van der Waals surface area contributed by atoms with E-state index in [0.717, 1.165) is 29.6 Å². The molecule has 78 valence electrons. The summed E-state index contributed by atoms with van der Waals surface area (Å²) >= 11 is 0. The van der Waals surface area contributed by atoms with Crippen molar-refractivity contribution in [2.45, 2.75) is 53.9 Å². The standard InChI is InChI=1S/C13H26/c1-6-8-9(3)13-11(5)10(4)12(13)7-2/h9-13H,6-8H2,1-5H3. The van der Waals surface area contributed by atoms with Crippen LogP contribution in [0.25, 0.3) is 0 Å². The molecule has 0 heterocycles. The fourth-order valence-electron chi connectivity index (χ4n) is 3.57. The van der Waals surface area contributed by atoms with Gasteiger partial charge in [0.05, 0.1) is 0 Å². The summed E-state index contributed by atoms with van der Waals surface area (Å²) in [5.74, 6) is 4.97. The molecule has 1 aliphatic rings. The SMILES string of the molecule is CCCC(C)C1C(C)C(C)C1CC. The summed E-state index contributed by atoms with van der Waals surface area (Å²) in [6.07, 6.45) is 4.18. The normalized spacial score (nSPS) is 41.3.